The second-order valence-corrected chi connectivity index (χ2v) is 7.84. The van der Waals surface area contributed by atoms with E-state index in [4.69, 9.17) is 0 Å². The molecule has 2 aliphatic rings. The van der Waals surface area contributed by atoms with Gasteiger partial charge in [0.2, 0.25) is 5.91 Å². The maximum atomic E-state index is 11.9. The first kappa shape index (κ1) is 14.7. The summed E-state index contributed by atoms with van der Waals surface area (Å²) < 4.78 is 22.6. The van der Waals surface area contributed by atoms with Crippen molar-refractivity contribution in [3.63, 3.8) is 0 Å². The van der Waals surface area contributed by atoms with Crippen LogP contribution in [0.4, 0.5) is 0 Å². The molecule has 2 aliphatic heterocycles. The lowest BCUT2D eigenvalue weighted by Gasteiger charge is -2.17. The molecule has 6 nitrogen and oxygen atoms in total. The van der Waals surface area contributed by atoms with Crippen LogP contribution in [0.5, 0.6) is 0 Å². The Bertz CT molecular complexity index is 424. The van der Waals surface area contributed by atoms with Crippen molar-refractivity contribution in [3.05, 3.63) is 0 Å². The summed E-state index contributed by atoms with van der Waals surface area (Å²) in [7, 11) is -0.981. The molecule has 2 atom stereocenters. The number of carbonyl (C=O) groups is 1. The van der Waals surface area contributed by atoms with E-state index in [9.17, 15) is 13.2 Å². The second kappa shape index (κ2) is 6.19. The summed E-state index contributed by atoms with van der Waals surface area (Å²) in [5, 5.41) is 5.99. The molecule has 0 bridgehead atoms. The van der Waals surface area contributed by atoms with Crippen LogP contribution in [0.25, 0.3) is 0 Å². The minimum atomic E-state index is -2.92. The fourth-order valence-corrected chi connectivity index (χ4v) is 4.57. The van der Waals surface area contributed by atoms with Crippen molar-refractivity contribution in [2.75, 3.05) is 44.7 Å². The van der Waals surface area contributed by atoms with Crippen LogP contribution >= 0.6 is 0 Å². The quantitative estimate of drug-likeness (QED) is 0.667. The molecule has 0 saturated carbocycles. The highest BCUT2D eigenvalue weighted by atomic mass is 32.2. The fraction of sp³-hybridized carbons (Fsp3) is 0.917. The first-order valence-electron chi connectivity index (χ1n) is 6.85. The van der Waals surface area contributed by atoms with E-state index in [-0.39, 0.29) is 23.5 Å². The van der Waals surface area contributed by atoms with E-state index in [1.165, 1.54) is 0 Å². The lowest BCUT2D eigenvalue weighted by atomic mass is 10.1. The smallest absolute Gasteiger partial charge is 0.234 e. The summed E-state index contributed by atoms with van der Waals surface area (Å²) in [5.74, 6) is 0.865. The molecule has 0 aromatic rings. The predicted molar refractivity (Wildman–Crippen MR) is 73.7 cm³/mol. The maximum absolute atomic E-state index is 11.9. The third-order valence-electron chi connectivity index (χ3n) is 3.83. The van der Waals surface area contributed by atoms with Gasteiger partial charge in [0.15, 0.2) is 9.84 Å². The Morgan fingerprint density at radius 1 is 1.37 bits per heavy atom. The van der Waals surface area contributed by atoms with Crippen molar-refractivity contribution in [3.8, 4) is 0 Å². The summed E-state index contributed by atoms with van der Waals surface area (Å²) in [4.78, 5) is 14.0. The van der Waals surface area contributed by atoms with E-state index >= 15 is 0 Å². The van der Waals surface area contributed by atoms with E-state index in [1.54, 1.807) is 0 Å². The Balaban J connectivity index is 1.71. The van der Waals surface area contributed by atoms with Crippen LogP contribution in [0.3, 0.4) is 0 Å². The Hall–Kier alpha value is -0.660. The van der Waals surface area contributed by atoms with Gasteiger partial charge in [0.05, 0.1) is 18.1 Å². The first-order valence-corrected chi connectivity index (χ1v) is 8.67. The molecular weight excluding hydrogens is 266 g/mol. The van der Waals surface area contributed by atoms with Crippen molar-refractivity contribution in [2.24, 2.45) is 5.92 Å². The molecule has 110 valence electrons. The van der Waals surface area contributed by atoms with Gasteiger partial charge in [-0.1, -0.05) is 0 Å². The average molecular weight is 289 g/mol. The van der Waals surface area contributed by atoms with Gasteiger partial charge < -0.3 is 10.6 Å². The molecule has 0 radical (unpaired) electrons. The third kappa shape index (κ3) is 4.43. The molecule has 2 saturated heterocycles. The van der Waals surface area contributed by atoms with Gasteiger partial charge in [0.1, 0.15) is 0 Å². The molecule has 2 unspecified atom stereocenters. The highest BCUT2D eigenvalue weighted by Crippen LogP contribution is 2.15. The van der Waals surface area contributed by atoms with E-state index in [0.29, 0.717) is 18.9 Å². The molecule has 2 heterocycles. The second-order valence-electron chi connectivity index (χ2n) is 5.61. The van der Waals surface area contributed by atoms with Gasteiger partial charge in [-0.2, -0.15) is 0 Å². The van der Waals surface area contributed by atoms with Crippen molar-refractivity contribution in [1.29, 1.82) is 0 Å². The number of hydrogen-bond donors (Lipinski definition) is 2. The van der Waals surface area contributed by atoms with Crippen molar-refractivity contribution in [2.45, 2.75) is 18.9 Å². The number of nitrogens with one attached hydrogen (secondary N) is 2. The van der Waals surface area contributed by atoms with Crippen LogP contribution in [-0.4, -0.2) is 70.0 Å². The number of carbonyl (C=O) groups excluding carboxylic acids is 1. The monoisotopic (exact) mass is 289 g/mol. The molecule has 2 rings (SSSR count). The molecule has 1 amide bonds. The molecule has 2 N–H and O–H groups in total. The van der Waals surface area contributed by atoms with Crippen LogP contribution < -0.4 is 10.6 Å². The Morgan fingerprint density at radius 3 is 2.79 bits per heavy atom. The summed E-state index contributed by atoms with van der Waals surface area (Å²) in [5.41, 5.74) is 0. The topological polar surface area (TPSA) is 78.5 Å². The van der Waals surface area contributed by atoms with Gasteiger partial charge in [-0.05, 0) is 38.9 Å². The number of amides is 1. The number of likely N-dealkylation sites (tertiary alicyclic amines) is 1. The largest absolute Gasteiger partial charge is 0.351 e. The predicted octanol–water partition coefficient (Wildman–Crippen LogP) is -1.17. The fourth-order valence-electron chi connectivity index (χ4n) is 2.90. The minimum absolute atomic E-state index is 0.0489. The summed E-state index contributed by atoms with van der Waals surface area (Å²) in [6.07, 6.45) is 1.67. The van der Waals surface area contributed by atoms with Gasteiger partial charge in [0, 0.05) is 12.6 Å². The standard InChI is InChI=1S/C12H23N3O3S/c1-13-6-10-2-4-15(7-10)8-12(16)14-11-3-5-19(17,18)9-11/h10-11,13H,2-9H2,1H3,(H,14,16). The van der Waals surface area contributed by atoms with E-state index < -0.39 is 9.84 Å². The van der Waals surface area contributed by atoms with Crippen LogP contribution in [0.15, 0.2) is 0 Å². The molecule has 2 fully saturated rings. The van der Waals surface area contributed by atoms with E-state index in [2.05, 4.69) is 15.5 Å². The lowest BCUT2D eigenvalue weighted by molar-refractivity contribution is -0.122. The zero-order chi connectivity index (χ0) is 13.9. The van der Waals surface area contributed by atoms with Gasteiger partial charge in [-0.25, -0.2) is 8.42 Å². The summed E-state index contributed by atoms with van der Waals surface area (Å²) in [6, 6.07) is -0.187. The van der Waals surface area contributed by atoms with Crippen LogP contribution in [0, 0.1) is 5.92 Å². The van der Waals surface area contributed by atoms with E-state index in [0.717, 1.165) is 26.1 Å². The van der Waals surface area contributed by atoms with Gasteiger partial charge >= 0.3 is 0 Å². The first-order chi connectivity index (χ1) is 8.98. The van der Waals surface area contributed by atoms with Gasteiger partial charge in [-0.15, -0.1) is 0 Å². The highest BCUT2D eigenvalue weighted by molar-refractivity contribution is 7.91. The Kier molecular flexibility index (Phi) is 4.81. The Morgan fingerprint density at radius 2 is 2.16 bits per heavy atom. The zero-order valence-electron chi connectivity index (χ0n) is 11.4. The van der Waals surface area contributed by atoms with Crippen LogP contribution in [-0.2, 0) is 14.6 Å². The molecule has 0 aromatic carbocycles. The third-order valence-corrected chi connectivity index (χ3v) is 5.60. The maximum Gasteiger partial charge on any atom is 0.234 e. The molecule has 7 heteroatoms. The molecule has 0 aromatic heterocycles. The average Bonchev–Trinajstić information content (AvgIpc) is 2.86. The van der Waals surface area contributed by atoms with Crippen molar-refractivity contribution in [1.82, 2.24) is 15.5 Å². The van der Waals surface area contributed by atoms with Crippen LogP contribution in [0.2, 0.25) is 0 Å². The number of hydrogen-bond acceptors (Lipinski definition) is 5. The Labute approximate surface area is 114 Å². The summed E-state index contributed by atoms with van der Waals surface area (Å²) in [6.45, 7) is 3.26. The van der Waals surface area contributed by atoms with Crippen molar-refractivity contribution >= 4 is 15.7 Å². The number of nitrogens with zero attached hydrogens (tertiary/aromatic N) is 1. The van der Waals surface area contributed by atoms with Gasteiger partial charge in [-0.3, -0.25) is 9.69 Å². The summed E-state index contributed by atoms with van der Waals surface area (Å²) >= 11 is 0. The van der Waals surface area contributed by atoms with Crippen LogP contribution in [0.1, 0.15) is 12.8 Å². The van der Waals surface area contributed by atoms with Gasteiger partial charge in [0.25, 0.3) is 0 Å². The number of sulfone groups is 1. The molecular formula is C12H23N3O3S. The SMILES string of the molecule is CNCC1CCN(CC(=O)NC2CCS(=O)(=O)C2)C1. The van der Waals surface area contributed by atoms with E-state index in [1.807, 2.05) is 7.05 Å². The number of rotatable bonds is 5. The molecule has 19 heavy (non-hydrogen) atoms. The molecule has 0 spiro atoms. The zero-order valence-corrected chi connectivity index (χ0v) is 12.2. The highest BCUT2D eigenvalue weighted by Gasteiger charge is 2.30. The lowest BCUT2D eigenvalue weighted by Crippen LogP contribution is -2.42. The molecule has 0 aliphatic carbocycles. The van der Waals surface area contributed by atoms with Crippen molar-refractivity contribution < 1.29 is 13.2 Å². The minimum Gasteiger partial charge on any atom is -0.351 e. The normalized spacial score (nSPS) is 30.6.